The van der Waals surface area contributed by atoms with Crippen molar-refractivity contribution in [3.8, 4) is 23.1 Å². The van der Waals surface area contributed by atoms with Crippen molar-refractivity contribution in [1.29, 1.82) is 0 Å². The van der Waals surface area contributed by atoms with Crippen LogP contribution in [0.25, 0.3) is 11.3 Å². The van der Waals surface area contributed by atoms with Crippen LogP contribution in [0.5, 0.6) is 0 Å². The molecule has 10 nitrogen and oxygen atoms in total. The van der Waals surface area contributed by atoms with Gasteiger partial charge < -0.3 is 26.2 Å². The molecule has 0 bridgehead atoms. The first-order valence-corrected chi connectivity index (χ1v) is 18.8. The number of amides is 3. The Hall–Kier alpha value is -3.53. The molecule has 3 aromatic rings. The number of hydrogen-bond donors (Lipinski definition) is 3. The van der Waals surface area contributed by atoms with Gasteiger partial charge in [0.25, 0.3) is 5.91 Å². The summed E-state index contributed by atoms with van der Waals surface area (Å²) in [6, 6.07) is 10.7. The van der Waals surface area contributed by atoms with Crippen LogP contribution in [0.3, 0.4) is 0 Å². The maximum atomic E-state index is 13.0. The van der Waals surface area contributed by atoms with Crippen molar-refractivity contribution in [2.75, 3.05) is 57.3 Å². The van der Waals surface area contributed by atoms with Gasteiger partial charge in [-0.1, -0.05) is 41.1 Å². The van der Waals surface area contributed by atoms with Gasteiger partial charge in [-0.3, -0.25) is 19.1 Å². The summed E-state index contributed by atoms with van der Waals surface area (Å²) in [5.74, 6) is 7.17. The van der Waals surface area contributed by atoms with Gasteiger partial charge in [0.1, 0.15) is 0 Å². The third kappa shape index (κ3) is 8.80. The van der Waals surface area contributed by atoms with Crippen molar-refractivity contribution in [2.24, 2.45) is 11.7 Å². The molecule has 3 amide bonds. The molecule has 4 N–H and O–H groups in total. The smallest absolute Gasteiger partial charge is 0.311 e. The molecule has 49 heavy (non-hydrogen) atoms. The molecule has 0 aliphatic carbocycles. The number of nitrogens with zero attached hydrogens (tertiary/aromatic N) is 4. The number of aryl methyl sites for hydroxylation is 1. The van der Waals surface area contributed by atoms with Crippen molar-refractivity contribution >= 4 is 52.7 Å². The zero-order valence-corrected chi connectivity index (χ0v) is 29.7. The minimum absolute atomic E-state index is 0.224. The topological polar surface area (TPSA) is 126 Å². The predicted octanol–water partition coefficient (Wildman–Crippen LogP) is 3.80. The van der Waals surface area contributed by atoms with Crippen LogP contribution in [0.2, 0.25) is 10.0 Å². The number of benzene rings is 2. The summed E-state index contributed by atoms with van der Waals surface area (Å²) < 4.78 is 2.06. The summed E-state index contributed by atoms with van der Waals surface area (Å²) in [6.45, 7) is 7.11. The number of carbonyl (C=O) groups excluding carboxylic acids is 3. The number of nitrogens with two attached hydrogens (primary N) is 1. The Morgan fingerprint density at radius 3 is 2.63 bits per heavy atom. The molecule has 1 atom stereocenters. The fourth-order valence-electron chi connectivity index (χ4n) is 6.62. The lowest BCUT2D eigenvalue weighted by Gasteiger charge is -2.27. The van der Waals surface area contributed by atoms with E-state index in [2.05, 4.69) is 32.1 Å². The number of primary amides is 1. The van der Waals surface area contributed by atoms with Crippen molar-refractivity contribution < 1.29 is 14.4 Å². The van der Waals surface area contributed by atoms with E-state index in [0.717, 1.165) is 81.0 Å². The highest BCUT2D eigenvalue weighted by Gasteiger charge is 2.30. The van der Waals surface area contributed by atoms with Gasteiger partial charge in [0.2, 0.25) is 0 Å². The minimum atomic E-state index is -0.967. The second-order valence-corrected chi connectivity index (χ2v) is 14.7. The fourth-order valence-corrected chi connectivity index (χ4v) is 7.97. The highest BCUT2D eigenvalue weighted by molar-refractivity contribution is 7.99. The molecular weight excluding hydrogens is 681 g/mol. The van der Waals surface area contributed by atoms with Crippen molar-refractivity contribution in [3.63, 3.8) is 0 Å². The number of nitrogens with one attached hydrogen (secondary N) is 2. The zero-order chi connectivity index (χ0) is 34.3. The highest BCUT2D eigenvalue weighted by Crippen LogP contribution is 2.32. The van der Waals surface area contributed by atoms with Crippen LogP contribution in [-0.2, 0) is 29.1 Å². The van der Waals surface area contributed by atoms with Gasteiger partial charge in [0, 0.05) is 78.6 Å². The lowest BCUT2D eigenvalue weighted by molar-refractivity contribution is -0.144. The number of fused-ring (bicyclic) bond motifs is 1. The molecule has 1 unspecified atom stereocenters. The Bertz CT molecular complexity index is 1770. The van der Waals surface area contributed by atoms with Crippen LogP contribution < -0.4 is 16.4 Å². The normalized spacial score (nSPS) is 17.9. The van der Waals surface area contributed by atoms with Gasteiger partial charge >= 0.3 is 11.8 Å². The fraction of sp³-hybridized carbons (Fsp3) is 0.444. The lowest BCUT2D eigenvalue weighted by atomic mass is 9.99. The van der Waals surface area contributed by atoms with E-state index in [1.807, 2.05) is 23.9 Å². The standard InChI is InChI=1S/C36H41Cl2N7O3S/c37-30-9-7-27(20-26(30)6-4-24-5-8-31(38)28(19-24)35(47)41-22-25-3-1-11-40-21-25)33-29-23-44(36(48)34(39)46)14-10-32(29)45(42-33)13-2-12-43-15-17-49-18-16-43/h5,7-9,19-20,25,40H,1-3,10-18,21-23H2,(H2,39,46)(H,41,47). The van der Waals surface area contributed by atoms with Crippen LogP contribution >= 0.6 is 35.0 Å². The molecular formula is C36H41Cl2N7O3S. The zero-order valence-electron chi connectivity index (χ0n) is 27.4. The van der Waals surface area contributed by atoms with E-state index in [9.17, 15) is 14.4 Å². The summed E-state index contributed by atoms with van der Waals surface area (Å²) >= 11 is 15.0. The number of aromatic nitrogens is 2. The Kier molecular flexibility index (Phi) is 11.9. The largest absolute Gasteiger partial charge is 0.361 e. The minimum Gasteiger partial charge on any atom is -0.361 e. The van der Waals surface area contributed by atoms with Crippen LogP contribution in [0.1, 0.15) is 52.0 Å². The molecule has 0 radical (unpaired) electrons. The maximum Gasteiger partial charge on any atom is 0.311 e. The van der Waals surface area contributed by atoms with Crippen LogP contribution in [0.4, 0.5) is 0 Å². The number of rotatable bonds is 8. The highest BCUT2D eigenvalue weighted by atomic mass is 35.5. The van der Waals surface area contributed by atoms with Crippen molar-refractivity contribution in [2.45, 2.75) is 38.8 Å². The van der Waals surface area contributed by atoms with Gasteiger partial charge in [-0.15, -0.1) is 0 Å². The first kappa shape index (κ1) is 35.3. The molecule has 0 spiro atoms. The molecule has 3 aliphatic rings. The van der Waals surface area contributed by atoms with E-state index >= 15 is 0 Å². The average Bonchev–Trinajstić information content (AvgIpc) is 3.49. The first-order chi connectivity index (χ1) is 23.8. The Morgan fingerprint density at radius 1 is 1.04 bits per heavy atom. The Labute approximate surface area is 301 Å². The van der Waals surface area contributed by atoms with Crippen LogP contribution in [-0.4, -0.2) is 94.6 Å². The van der Waals surface area contributed by atoms with E-state index in [1.165, 1.54) is 16.4 Å². The van der Waals surface area contributed by atoms with E-state index in [1.54, 1.807) is 24.3 Å². The molecule has 3 aliphatic heterocycles. The monoisotopic (exact) mass is 721 g/mol. The SMILES string of the molecule is NC(=O)C(=O)N1CCc2c(c(-c3ccc(Cl)c(C#Cc4ccc(Cl)c(C(=O)NCC5CCCNC5)c4)c3)nn2CCCN2CCSCC2)C1. The molecule has 2 aromatic carbocycles. The average molecular weight is 723 g/mol. The third-order valence-electron chi connectivity index (χ3n) is 9.32. The summed E-state index contributed by atoms with van der Waals surface area (Å²) in [6.07, 6.45) is 3.72. The Morgan fingerprint density at radius 2 is 1.86 bits per heavy atom. The van der Waals surface area contributed by atoms with E-state index in [-0.39, 0.29) is 12.5 Å². The number of piperidine rings is 1. The first-order valence-electron chi connectivity index (χ1n) is 16.8. The number of hydrogen-bond acceptors (Lipinski definition) is 7. The van der Waals surface area contributed by atoms with Gasteiger partial charge in [-0.25, -0.2) is 0 Å². The summed E-state index contributed by atoms with van der Waals surface area (Å²) in [5.41, 5.74) is 10.4. The van der Waals surface area contributed by atoms with E-state index < -0.39 is 11.8 Å². The maximum absolute atomic E-state index is 13.0. The number of carbonyl (C=O) groups is 3. The lowest BCUT2D eigenvalue weighted by Crippen LogP contribution is -2.43. The van der Waals surface area contributed by atoms with Gasteiger partial charge in [-0.05, 0) is 75.1 Å². The number of thioether (sulfide) groups is 1. The van der Waals surface area contributed by atoms with Gasteiger partial charge in [0.05, 0.1) is 27.8 Å². The molecule has 4 heterocycles. The Balaban J connectivity index is 1.23. The van der Waals surface area contributed by atoms with E-state index in [4.69, 9.17) is 34.0 Å². The molecule has 1 aromatic heterocycles. The summed E-state index contributed by atoms with van der Waals surface area (Å²) in [7, 11) is 0. The second kappa shape index (κ2) is 16.5. The quantitative estimate of drug-likeness (QED) is 0.239. The number of halogens is 2. The van der Waals surface area contributed by atoms with Crippen molar-refractivity contribution in [1.82, 2.24) is 30.2 Å². The predicted molar refractivity (Wildman–Crippen MR) is 195 cm³/mol. The molecule has 6 rings (SSSR count). The van der Waals surface area contributed by atoms with E-state index in [0.29, 0.717) is 52.2 Å². The molecule has 13 heteroatoms. The molecule has 2 fully saturated rings. The summed E-state index contributed by atoms with van der Waals surface area (Å²) in [5, 5.41) is 12.3. The molecule has 2 saturated heterocycles. The van der Waals surface area contributed by atoms with Crippen LogP contribution in [0.15, 0.2) is 36.4 Å². The van der Waals surface area contributed by atoms with Gasteiger partial charge in [-0.2, -0.15) is 16.9 Å². The second-order valence-electron chi connectivity index (χ2n) is 12.7. The molecule has 258 valence electrons. The van der Waals surface area contributed by atoms with Crippen molar-refractivity contribution in [3.05, 3.63) is 74.4 Å². The third-order valence-corrected chi connectivity index (χ3v) is 10.9. The van der Waals surface area contributed by atoms with Crippen LogP contribution in [0, 0.1) is 17.8 Å². The summed E-state index contributed by atoms with van der Waals surface area (Å²) in [4.78, 5) is 41.3. The van der Waals surface area contributed by atoms with Gasteiger partial charge in [0.15, 0.2) is 0 Å². The molecule has 0 saturated carbocycles.